The number of benzene rings is 1. The summed E-state index contributed by atoms with van der Waals surface area (Å²) in [6.07, 6.45) is 5.57. The summed E-state index contributed by atoms with van der Waals surface area (Å²) in [7, 11) is 0. The van der Waals surface area contributed by atoms with Gasteiger partial charge >= 0.3 is 0 Å². The Balaban J connectivity index is 1.45. The topological polar surface area (TPSA) is 80.1 Å². The van der Waals surface area contributed by atoms with Crippen LogP contribution < -0.4 is 5.32 Å². The van der Waals surface area contributed by atoms with E-state index in [2.05, 4.69) is 15.4 Å². The summed E-state index contributed by atoms with van der Waals surface area (Å²) in [6, 6.07) is 5.96. The highest BCUT2D eigenvalue weighted by Crippen LogP contribution is 2.42. The molecule has 1 saturated carbocycles. The van der Waals surface area contributed by atoms with Gasteiger partial charge in [0, 0.05) is 18.2 Å². The molecule has 3 atom stereocenters. The second-order valence-electron chi connectivity index (χ2n) is 6.88. The molecule has 0 radical (unpaired) electrons. The molecule has 2 aliphatic rings. The van der Waals surface area contributed by atoms with Crippen LogP contribution >= 0.6 is 0 Å². The van der Waals surface area contributed by atoms with Crippen LogP contribution in [0.5, 0.6) is 0 Å². The number of aromatic nitrogens is 3. The fraction of sp³-hybridized carbons (Fsp3) is 0.444. The van der Waals surface area contributed by atoms with Crippen molar-refractivity contribution < 1.29 is 14.0 Å². The van der Waals surface area contributed by atoms with Gasteiger partial charge in [-0.25, -0.2) is 14.1 Å². The number of rotatable bonds is 5. The number of carbonyl (C=O) groups is 2. The van der Waals surface area contributed by atoms with Crippen LogP contribution in [-0.2, 0) is 22.7 Å². The zero-order valence-corrected chi connectivity index (χ0v) is 14.2. The number of amides is 2. The van der Waals surface area contributed by atoms with Gasteiger partial charge in [-0.2, -0.15) is 5.10 Å². The average Bonchev–Trinajstić information content (AvgIpc) is 3.37. The lowest BCUT2D eigenvalue weighted by molar-refractivity contribution is -0.143. The molecule has 1 aromatic carbocycles. The van der Waals surface area contributed by atoms with Gasteiger partial charge in [-0.3, -0.25) is 9.59 Å². The summed E-state index contributed by atoms with van der Waals surface area (Å²) in [5, 5.41) is 6.76. The number of carbonyl (C=O) groups excluding carboxylic acids is 2. The van der Waals surface area contributed by atoms with Gasteiger partial charge in [0.25, 0.3) is 0 Å². The minimum Gasteiger partial charge on any atom is -0.350 e. The van der Waals surface area contributed by atoms with Crippen LogP contribution in [0.15, 0.2) is 36.9 Å². The predicted molar refractivity (Wildman–Crippen MR) is 90.0 cm³/mol. The van der Waals surface area contributed by atoms with E-state index < -0.39 is 6.04 Å². The van der Waals surface area contributed by atoms with Crippen LogP contribution in [0.3, 0.4) is 0 Å². The van der Waals surface area contributed by atoms with Crippen molar-refractivity contribution in [2.24, 2.45) is 5.92 Å². The van der Waals surface area contributed by atoms with E-state index >= 15 is 0 Å². The molecule has 1 aliphatic heterocycles. The van der Waals surface area contributed by atoms with Crippen molar-refractivity contribution in [3.63, 3.8) is 0 Å². The van der Waals surface area contributed by atoms with Crippen molar-refractivity contribution in [3.05, 3.63) is 48.3 Å². The minimum atomic E-state index is -0.489. The van der Waals surface area contributed by atoms with Crippen LogP contribution in [0.1, 0.15) is 24.8 Å². The molecule has 2 fully saturated rings. The van der Waals surface area contributed by atoms with Gasteiger partial charge in [0.15, 0.2) is 0 Å². The fourth-order valence-corrected chi connectivity index (χ4v) is 4.15. The van der Waals surface area contributed by atoms with Crippen molar-refractivity contribution in [2.75, 3.05) is 0 Å². The number of likely N-dealkylation sites (tertiary alicyclic amines) is 1. The lowest BCUT2D eigenvalue weighted by Crippen LogP contribution is -2.53. The second-order valence-corrected chi connectivity index (χ2v) is 6.88. The van der Waals surface area contributed by atoms with Gasteiger partial charge in [0.05, 0.1) is 0 Å². The first-order valence-electron chi connectivity index (χ1n) is 8.78. The number of hydrogen-bond acceptors (Lipinski definition) is 4. The number of piperidine rings is 1. The van der Waals surface area contributed by atoms with Crippen molar-refractivity contribution in [1.82, 2.24) is 25.0 Å². The number of hydrogen-bond donors (Lipinski definition) is 1. The van der Waals surface area contributed by atoms with E-state index in [0.29, 0.717) is 5.56 Å². The zero-order chi connectivity index (χ0) is 18.1. The molecule has 2 aromatic rings. The highest BCUT2D eigenvalue weighted by molar-refractivity contribution is 5.89. The monoisotopic (exact) mass is 357 g/mol. The van der Waals surface area contributed by atoms with Gasteiger partial charge in [-0.15, -0.1) is 0 Å². The van der Waals surface area contributed by atoms with E-state index in [1.807, 2.05) is 0 Å². The maximum atomic E-state index is 13.8. The van der Waals surface area contributed by atoms with E-state index in [4.69, 9.17) is 0 Å². The Bertz CT molecular complexity index is 810. The van der Waals surface area contributed by atoms with E-state index in [0.717, 1.165) is 19.3 Å². The Labute approximate surface area is 150 Å². The molecule has 1 saturated heterocycles. The third-order valence-electron chi connectivity index (χ3n) is 5.32. The van der Waals surface area contributed by atoms with Gasteiger partial charge in [0.2, 0.25) is 11.8 Å². The Morgan fingerprint density at radius 2 is 2.12 bits per heavy atom. The third kappa shape index (κ3) is 3.07. The molecular weight excluding hydrogens is 337 g/mol. The Morgan fingerprint density at radius 3 is 2.88 bits per heavy atom. The van der Waals surface area contributed by atoms with Gasteiger partial charge in [0.1, 0.15) is 31.1 Å². The molecule has 1 N–H and O–H groups in total. The summed E-state index contributed by atoms with van der Waals surface area (Å²) in [6.45, 7) is 0.185. The number of nitrogens with zero attached hydrogens (tertiary/aromatic N) is 4. The van der Waals surface area contributed by atoms with Gasteiger partial charge < -0.3 is 10.2 Å². The molecule has 4 rings (SSSR count). The Morgan fingerprint density at radius 1 is 1.27 bits per heavy atom. The molecule has 2 heterocycles. The second kappa shape index (κ2) is 6.86. The quantitative estimate of drug-likeness (QED) is 0.869. The molecule has 136 valence electrons. The summed E-state index contributed by atoms with van der Waals surface area (Å²) in [5.74, 6) is -0.527. The smallest absolute Gasteiger partial charge is 0.245 e. The Kier molecular flexibility index (Phi) is 4.40. The molecule has 7 nitrogen and oxygen atoms in total. The van der Waals surface area contributed by atoms with E-state index in [1.54, 1.807) is 23.1 Å². The highest BCUT2D eigenvalue weighted by Gasteiger charge is 2.51. The minimum absolute atomic E-state index is 0.0698. The summed E-state index contributed by atoms with van der Waals surface area (Å²) >= 11 is 0. The van der Waals surface area contributed by atoms with Crippen LogP contribution in [0.25, 0.3) is 0 Å². The lowest BCUT2D eigenvalue weighted by atomic mass is 9.97. The molecule has 2 amide bonds. The molecule has 2 bridgehead atoms. The zero-order valence-electron chi connectivity index (χ0n) is 14.2. The maximum Gasteiger partial charge on any atom is 0.245 e. The van der Waals surface area contributed by atoms with Crippen LogP contribution in [0, 0.1) is 11.7 Å². The van der Waals surface area contributed by atoms with Crippen molar-refractivity contribution in [1.29, 1.82) is 0 Å². The number of halogens is 1. The van der Waals surface area contributed by atoms with Crippen molar-refractivity contribution in [2.45, 2.75) is 44.4 Å². The van der Waals surface area contributed by atoms with Crippen LogP contribution in [0.2, 0.25) is 0 Å². The van der Waals surface area contributed by atoms with Crippen molar-refractivity contribution >= 4 is 11.8 Å². The molecule has 3 unspecified atom stereocenters. The first-order valence-corrected chi connectivity index (χ1v) is 8.78. The fourth-order valence-electron chi connectivity index (χ4n) is 4.15. The number of fused-ring (bicyclic) bond motifs is 2. The summed E-state index contributed by atoms with van der Waals surface area (Å²) < 4.78 is 15.2. The Hall–Kier alpha value is -2.77. The standard InChI is InChI=1S/C18H20FN5O2/c19-15-4-2-1-3-13(15)8-21-18(26)17-12-5-6-14(7-12)24(17)16(25)9-23-11-20-10-22-23/h1-4,10-12,14,17H,5-9H2,(H,21,26). The maximum absolute atomic E-state index is 13.8. The largest absolute Gasteiger partial charge is 0.350 e. The van der Waals surface area contributed by atoms with Gasteiger partial charge in [-0.1, -0.05) is 18.2 Å². The van der Waals surface area contributed by atoms with E-state index in [-0.39, 0.29) is 42.7 Å². The first-order chi connectivity index (χ1) is 12.6. The lowest BCUT2D eigenvalue weighted by Gasteiger charge is -2.34. The molecule has 1 aromatic heterocycles. The molecule has 1 aliphatic carbocycles. The van der Waals surface area contributed by atoms with Gasteiger partial charge in [-0.05, 0) is 31.2 Å². The predicted octanol–water partition coefficient (Wildman–Crippen LogP) is 1.11. The summed E-state index contributed by atoms with van der Waals surface area (Å²) in [4.78, 5) is 31.1. The number of nitrogens with one attached hydrogen (secondary N) is 1. The summed E-state index contributed by atoms with van der Waals surface area (Å²) in [5.41, 5.74) is 0.435. The molecular formula is C18H20FN5O2. The SMILES string of the molecule is O=C(NCc1ccccc1F)C1C2CCC(C2)N1C(=O)Cn1cncn1. The molecule has 26 heavy (non-hydrogen) atoms. The van der Waals surface area contributed by atoms with E-state index in [9.17, 15) is 14.0 Å². The normalized spacial score (nSPS) is 24.0. The third-order valence-corrected chi connectivity index (χ3v) is 5.32. The highest BCUT2D eigenvalue weighted by atomic mass is 19.1. The molecule has 0 spiro atoms. The molecule has 8 heteroatoms. The van der Waals surface area contributed by atoms with E-state index in [1.165, 1.54) is 23.4 Å². The van der Waals surface area contributed by atoms with Crippen molar-refractivity contribution in [3.8, 4) is 0 Å². The average molecular weight is 357 g/mol. The first kappa shape index (κ1) is 16.7. The van der Waals surface area contributed by atoms with Crippen LogP contribution in [-0.4, -0.2) is 43.6 Å². The van der Waals surface area contributed by atoms with Crippen LogP contribution in [0.4, 0.5) is 4.39 Å².